The first-order valence-electron chi connectivity index (χ1n) is 6.92. The summed E-state index contributed by atoms with van der Waals surface area (Å²) >= 11 is 1.74. The summed E-state index contributed by atoms with van der Waals surface area (Å²) in [7, 11) is 0. The van der Waals surface area contributed by atoms with Crippen LogP contribution in [0.15, 0.2) is 41.8 Å². The maximum atomic E-state index is 11.1. The lowest BCUT2D eigenvalue weighted by molar-refractivity contribution is -0.385. The van der Waals surface area contributed by atoms with E-state index in [0.717, 1.165) is 12.1 Å². The highest BCUT2D eigenvalue weighted by Crippen LogP contribution is 2.29. The van der Waals surface area contributed by atoms with E-state index in [-0.39, 0.29) is 22.1 Å². The molecular weight excluding hydrogens is 284 g/mol. The molecule has 5 heteroatoms. The maximum absolute atomic E-state index is 11.1. The van der Waals surface area contributed by atoms with Gasteiger partial charge in [-0.25, -0.2) is 0 Å². The van der Waals surface area contributed by atoms with Crippen LogP contribution in [0.4, 0.5) is 5.69 Å². The van der Waals surface area contributed by atoms with Crippen molar-refractivity contribution >= 4 is 17.0 Å². The van der Waals surface area contributed by atoms with Crippen LogP contribution in [0.5, 0.6) is 0 Å². The number of hydrogen-bond donors (Lipinski definition) is 1. The highest BCUT2D eigenvalue weighted by atomic mass is 32.1. The molecule has 1 atom stereocenters. The topological polar surface area (TPSA) is 55.2 Å². The predicted octanol–water partition coefficient (Wildman–Crippen LogP) is 4.28. The van der Waals surface area contributed by atoms with E-state index in [1.807, 2.05) is 25.1 Å². The largest absolute Gasteiger partial charge is 0.309 e. The number of nitrogens with zero attached hydrogens (tertiary/aromatic N) is 1. The van der Waals surface area contributed by atoms with Crippen LogP contribution in [0.1, 0.15) is 37.3 Å². The lowest BCUT2D eigenvalue weighted by Gasteiger charge is -2.26. The van der Waals surface area contributed by atoms with Crippen LogP contribution in [0.2, 0.25) is 0 Å². The van der Waals surface area contributed by atoms with Crippen LogP contribution in [0, 0.1) is 10.1 Å². The molecule has 112 valence electrons. The highest BCUT2D eigenvalue weighted by molar-refractivity contribution is 7.10. The predicted molar refractivity (Wildman–Crippen MR) is 86.9 cm³/mol. The number of nitrogens with one attached hydrogen (secondary N) is 1. The van der Waals surface area contributed by atoms with E-state index in [4.69, 9.17) is 0 Å². The standard InChI is InChI=1S/C16H20N2O2S/c1-12(13-7-4-5-8-14(13)18(19)20)17-11-16(2,3)15-9-6-10-21-15/h4-10,12,17H,11H2,1-3H3. The van der Waals surface area contributed by atoms with Crippen molar-refractivity contribution < 1.29 is 4.92 Å². The van der Waals surface area contributed by atoms with E-state index in [9.17, 15) is 10.1 Å². The van der Waals surface area contributed by atoms with E-state index >= 15 is 0 Å². The molecule has 0 saturated heterocycles. The Kier molecular flexibility index (Phi) is 4.75. The van der Waals surface area contributed by atoms with Crippen LogP contribution >= 0.6 is 11.3 Å². The number of nitro groups is 1. The van der Waals surface area contributed by atoms with Gasteiger partial charge in [0.15, 0.2) is 0 Å². The Morgan fingerprint density at radius 3 is 2.62 bits per heavy atom. The van der Waals surface area contributed by atoms with Gasteiger partial charge in [0.25, 0.3) is 5.69 Å². The molecule has 0 radical (unpaired) electrons. The Hall–Kier alpha value is -1.72. The van der Waals surface area contributed by atoms with Crippen LogP contribution in [0.25, 0.3) is 0 Å². The Morgan fingerprint density at radius 2 is 2.00 bits per heavy atom. The first kappa shape index (κ1) is 15.7. The molecule has 2 rings (SSSR count). The normalized spacial score (nSPS) is 13.1. The maximum Gasteiger partial charge on any atom is 0.274 e. The van der Waals surface area contributed by atoms with Gasteiger partial charge in [-0.3, -0.25) is 10.1 Å². The van der Waals surface area contributed by atoms with E-state index in [1.165, 1.54) is 4.88 Å². The molecule has 0 saturated carbocycles. The zero-order chi connectivity index (χ0) is 15.5. The summed E-state index contributed by atoms with van der Waals surface area (Å²) in [6.07, 6.45) is 0. The highest BCUT2D eigenvalue weighted by Gasteiger charge is 2.24. The summed E-state index contributed by atoms with van der Waals surface area (Å²) in [5.41, 5.74) is 0.905. The third-order valence-corrected chi connectivity index (χ3v) is 4.87. The Bertz CT molecular complexity index is 608. The summed E-state index contributed by atoms with van der Waals surface area (Å²) in [5, 5.41) is 16.6. The van der Waals surface area contributed by atoms with Crippen LogP contribution < -0.4 is 5.32 Å². The second-order valence-corrected chi connectivity index (χ2v) is 6.73. The zero-order valence-electron chi connectivity index (χ0n) is 12.5. The summed E-state index contributed by atoms with van der Waals surface area (Å²) in [5.74, 6) is 0. The van der Waals surface area contributed by atoms with Crippen molar-refractivity contribution in [2.75, 3.05) is 6.54 Å². The van der Waals surface area contributed by atoms with Crippen molar-refractivity contribution in [2.45, 2.75) is 32.2 Å². The average molecular weight is 304 g/mol. The smallest absolute Gasteiger partial charge is 0.274 e. The van der Waals surface area contributed by atoms with E-state index in [2.05, 4.69) is 30.6 Å². The average Bonchev–Trinajstić information content (AvgIpc) is 3.00. The number of rotatable bonds is 6. The van der Waals surface area contributed by atoms with Crippen molar-refractivity contribution in [3.05, 3.63) is 62.3 Å². The van der Waals surface area contributed by atoms with Crippen LogP contribution in [-0.2, 0) is 5.41 Å². The molecule has 0 aliphatic rings. The molecular formula is C16H20N2O2S. The molecule has 1 N–H and O–H groups in total. The summed E-state index contributed by atoms with van der Waals surface area (Å²) in [6, 6.07) is 11.0. The van der Waals surface area contributed by atoms with Crippen molar-refractivity contribution in [1.29, 1.82) is 0 Å². The van der Waals surface area contributed by atoms with Crippen molar-refractivity contribution in [2.24, 2.45) is 0 Å². The lowest BCUT2D eigenvalue weighted by Crippen LogP contribution is -2.34. The minimum absolute atomic E-state index is 0.00594. The van der Waals surface area contributed by atoms with Gasteiger partial charge in [0.1, 0.15) is 0 Å². The quantitative estimate of drug-likeness (QED) is 0.640. The number of benzene rings is 1. The minimum Gasteiger partial charge on any atom is -0.309 e. The fraction of sp³-hybridized carbons (Fsp3) is 0.375. The molecule has 0 amide bonds. The van der Waals surface area contributed by atoms with Gasteiger partial charge in [0.05, 0.1) is 4.92 Å². The number of thiophene rings is 1. The summed E-state index contributed by atoms with van der Waals surface area (Å²) in [6.45, 7) is 7.09. The molecule has 1 heterocycles. The third-order valence-electron chi connectivity index (χ3n) is 3.64. The molecule has 0 bridgehead atoms. The summed E-state index contributed by atoms with van der Waals surface area (Å²) < 4.78 is 0. The van der Waals surface area contributed by atoms with Gasteiger partial charge in [0.2, 0.25) is 0 Å². The molecule has 21 heavy (non-hydrogen) atoms. The number of nitro benzene ring substituents is 1. The Labute approximate surface area is 129 Å². The molecule has 1 aromatic carbocycles. The van der Waals surface area contributed by atoms with Crippen LogP contribution in [0.3, 0.4) is 0 Å². The third kappa shape index (κ3) is 3.68. The minimum atomic E-state index is -0.322. The van der Waals surface area contributed by atoms with Gasteiger partial charge in [-0.1, -0.05) is 38.1 Å². The number of para-hydroxylation sites is 1. The molecule has 0 spiro atoms. The second-order valence-electron chi connectivity index (χ2n) is 5.78. The van der Waals surface area contributed by atoms with E-state index < -0.39 is 0 Å². The van der Waals surface area contributed by atoms with Gasteiger partial charge < -0.3 is 5.32 Å². The molecule has 0 aliphatic carbocycles. The first-order chi connectivity index (χ1) is 9.92. The lowest BCUT2D eigenvalue weighted by atomic mass is 9.91. The van der Waals surface area contributed by atoms with Crippen molar-refractivity contribution in [1.82, 2.24) is 5.32 Å². The van der Waals surface area contributed by atoms with Gasteiger partial charge >= 0.3 is 0 Å². The SMILES string of the molecule is CC(NCC(C)(C)c1cccs1)c1ccccc1[N+](=O)[O-]. The Morgan fingerprint density at radius 1 is 1.29 bits per heavy atom. The molecule has 0 fully saturated rings. The van der Waals surface area contributed by atoms with Crippen LogP contribution in [-0.4, -0.2) is 11.5 Å². The Balaban J connectivity index is 2.09. The fourth-order valence-electron chi connectivity index (χ4n) is 2.29. The molecule has 1 aromatic heterocycles. The van der Waals surface area contributed by atoms with Gasteiger partial charge in [-0.05, 0) is 18.4 Å². The van der Waals surface area contributed by atoms with E-state index in [0.29, 0.717) is 0 Å². The van der Waals surface area contributed by atoms with E-state index in [1.54, 1.807) is 23.5 Å². The van der Waals surface area contributed by atoms with Crippen molar-refractivity contribution in [3.63, 3.8) is 0 Å². The number of hydrogen-bond acceptors (Lipinski definition) is 4. The fourth-order valence-corrected chi connectivity index (χ4v) is 3.14. The molecule has 2 aromatic rings. The monoisotopic (exact) mass is 304 g/mol. The second kappa shape index (κ2) is 6.37. The summed E-state index contributed by atoms with van der Waals surface area (Å²) in [4.78, 5) is 12.1. The van der Waals surface area contributed by atoms with Gasteiger partial charge in [-0.15, -0.1) is 11.3 Å². The van der Waals surface area contributed by atoms with Gasteiger partial charge in [0, 0.05) is 34.5 Å². The molecule has 1 unspecified atom stereocenters. The first-order valence-corrected chi connectivity index (χ1v) is 7.80. The van der Waals surface area contributed by atoms with Gasteiger partial charge in [-0.2, -0.15) is 0 Å². The molecule has 0 aliphatic heterocycles. The molecule has 4 nitrogen and oxygen atoms in total. The van der Waals surface area contributed by atoms with Crippen molar-refractivity contribution in [3.8, 4) is 0 Å². The zero-order valence-corrected chi connectivity index (χ0v) is 13.3.